The lowest BCUT2D eigenvalue weighted by molar-refractivity contribution is -0.114. The van der Waals surface area contributed by atoms with Gasteiger partial charge in [-0.3, -0.25) is 9.59 Å². The van der Waals surface area contributed by atoms with Gasteiger partial charge in [-0.05, 0) is 48.3 Å². The molecule has 1 aliphatic carbocycles. The average Bonchev–Trinajstić information content (AvgIpc) is 3.01. The fraction of sp³-hybridized carbons (Fsp3) is 0.550. The Kier molecular flexibility index (Phi) is 3.88. The Morgan fingerprint density at radius 1 is 1.27 bits per heavy atom. The van der Waals surface area contributed by atoms with Gasteiger partial charge in [-0.25, -0.2) is 4.98 Å². The maximum Gasteiger partial charge on any atom is 0.254 e. The SMILES string of the molecule is CC(=O)Nc1nc2ccc(C(=O)N3C[C@@]4(C)C[C@@H]3CC(C)(C)C4)cc2s1. The van der Waals surface area contributed by atoms with Crippen LogP contribution in [0.2, 0.25) is 0 Å². The fourth-order valence-electron chi connectivity index (χ4n) is 5.12. The minimum Gasteiger partial charge on any atom is -0.335 e. The molecule has 2 aliphatic rings. The van der Waals surface area contributed by atoms with Crippen molar-refractivity contribution in [1.29, 1.82) is 0 Å². The summed E-state index contributed by atoms with van der Waals surface area (Å²) in [7, 11) is 0. The monoisotopic (exact) mass is 371 g/mol. The van der Waals surface area contributed by atoms with E-state index in [2.05, 4.69) is 36.0 Å². The molecule has 0 spiro atoms. The van der Waals surface area contributed by atoms with Crippen molar-refractivity contribution in [2.45, 2.75) is 53.0 Å². The van der Waals surface area contributed by atoms with Crippen molar-refractivity contribution in [1.82, 2.24) is 9.88 Å². The molecule has 26 heavy (non-hydrogen) atoms. The first-order chi connectivity index (χ1) is 12.1. The number of benzene rings is 1. The number of amides is 2. The van der Waals surface area contributed by atoms with E-state index in [9.17, 15) is 9.59 Å². The number of aromatic nitrogens is 1. The highest BCUT2D eigenvalue weighted by molar-refractivity contribution is 7.22. The predicted octanol–water partition coefficient (Wildman–Crippen LogP) is 4.30. The number of rotatable bonds is 2. The molecule has 0 unspecified atom stereocenters. The van der Waals surface area contributed by atoms with Gasteiger partial charge in [0.1, 0.15) is 0 Å². The Hall–Kier alpha value is -1.95. The smallest absolute Gasteiger partial charge is 0.254 e. The van der Waals surface area contributed by atoms with Gasteiger partial charge in [0.15, 0.2) is 5.13 Å². The number of carbonyl (C=O) groups excluding carboxylic acids is 2. The summed E-state index contributed by atoms with van der Waals surface area (Å²) in [6.45, 7) is 9.27. The molecule has 2 bridgehead atoms. The molecule has 2 aromatic rings. The Labute approximate surface area is 157 Å². The summed E-state index contributed by atoms with van der Waals surface area (Å²) in [4.78, 5) is 30.9. The minimum atomic E-state index is -0.138. The van der Waals surface area contributed by atoms with E-state index in [1.807, 2.05) is 18.2 Å². The molecule has 6 heteroatoms. The molecule has 2 atom stereocenters. The zero-order chi connectivity index (χ0) is 18.7. The molecular weight excluding hydrogens is 346 g/mol. The van der Waals surface area contributed by atoms with E-state index >= 15 is 0 Å². The highest BCUT2D eigenvalue weighted by Crippen LogP contribution is 2.52. The van der Waals surface area contributed by atoms with Gasteiger partial charge in [-0.15, -0.1) is 0 Å². The number of nitrogens with zero attached hydrogens (tertiary/aromatic N) is 2. The average molecular weight is 372 g/mol. The predicted molar refractivity (Wildman–Crippen MR) is 104 cm³/mol. The normalized spacial score (nSPS) is 26.9. The van der Waals surface area contributed by atoms with E-state index in [-0.39, 0.29) is 17.2 Å². The fourth-order valence-corrected chi connectivity index (χ4v) is 6.08. The number of anilines is 1. The zero-order valence-electron chi connectivity index (χ0n) is 15.8. The molecule has 138 valence electrons. The molecule has 2 fully saturated rings. The lowest BCUT2D eigenvalue weighted by Crippen LogP contribution is -2.37. The molecule has 2 amide bonds. The lowest BCUT2D eigenvalue weighted by atomic mass is 9.65. The van der Waals surface area contributed by atoms with Crippen LogP contribution in [0.5, 0.6) is 0 Å². The van der Waals surface area contributed by atoms with Gasteiger partial charge in [0.25, 0.3) is 5.91 Å². The lowest BCUT2D eigenvalue weighted by Gasteiger charge is -2.39. The van der Waals surface area contributed by atoms with Crippen LogP contribution >= 0.6 is 11.3 Å². The first kappa shape index (κ1) is 17.5. The van der Waals surface area contributed by atoms with Gasteiger partial charge in [0.05, 0.1) is 10.2 Å². The molecule has 1 aliphatic heterocycles. The summed E-state index contributed by atoms with van der Waals surface area (Å²) < 4.78 is 0.924. The van der Waals surface area contributed by atoms with Gasteiger partial charge >= 0.3 is 0 Å². The molecular formula is C20H25N3O2S. The third kappa shape index (κ3) is 3.11. The van der Waals surface area contributed by atoms with Crippen LogP contribution in [-0.4, -0.2) is 34.3 Å². The van der Waals surface area contributed by atoms with Crippen molar-refractivity contribution < 1.29 is 9.59 Å². The number of fused-ring (bicyclic) bond motifs is 3. The van der Waals surface area contributed by atoms with Crippen molar-refractivity contribution >= 4 is 38.5 Å². The number of hydrogen-bond donors (Lipinski definition) is 1. The molecule has 2 heterocycles. The van der Waals surface area contributed by atoms with Gasteiger partial charge in [0.2, 0.25) is 5.91 Å². The van der Waals surface area contributed by atoms with Crippen molar-refractivity contribution in [2.24, 2.45) is 10.8 Å². The van der Waals surface area contributed by atoms with Gasteiger partial charge in [-0.1, -0.05) is 32.1 Å². The second kappa shape index (κ2) is 5.78. The molecule has 1 saturated heterocycles. The van der Waals surface area contributed by atoms with Gasteiger partial charge < -0.3 is 10.2 Å². The molecule has 4 rings (SSSR count). The third-order valence-corrected chi connectivity index (χ3v) is 6.53. The molecule has 1 aromatic heterocycles. The molecule has 1 aromatic carbocycles. The van der Waals surface area contributed by atoms with Crippen molar-refractivity contribution in [3.8, 4) is 0 Å². The number of nitrogens with one attached hydrogen (secondary N) is 1. The van der Waals surface area contributed by atoms with Crippen molar-refractivity contribution in [3.05, 3.63) is 23.8 Å². The summed E-state index contributed by atoms with van der Waals surface area (Å²) in [5, 5.41) is 3.29. The minimum absolute atomic E-state index is 0.118. The van der Waals surface area contributed by atoms with Crippen LogP contribution in [0, 0.1) is 10.8 Å². The van der Waals surface area contributed by atoms with Crippen LogP contribution in [0.4, 0.5) is 5.13 Å². The van der Waals surface area contributed by atoms with Gasteiger partial charge in [-0.2, -0.15) is 0 Å². The van der Waals surface area contributed by atoms with Crippen LogP contribution < -0.4 is 5.32 Å². The summed E-state index contributed by atoms with van der Waals surface area (Å²) >= 11 is 1.40. The summed E-state index contributed by atoms with van der Waals surface area (Å²) in [6.07, 6.45) is 3.36. The first-order valence-electron chi connectivity index (χ1n) is 9.13. The highest BCUT2D eigenvalue weighted by Gasteiger charge is 2.51. The highest BCUT2D eigenvalue weighted by atomic mass is 32.1. The summed E-state index contributed by atoms with van der Waals surface area (Å²) in [5.41, 5.74) is 2.05. The number of likely N-dealkylation sites (tertiary alicyclic amines) is 1. The van der Waals surface area contributed by atoms with E-state index in [0.29, 0.717) is 22.2 Å². The van der Waals surface area contributed by atoms with Crippen LogP contribution in [0.3, 0.4) is 0 Å². The zero-order valence-corrected chi connectivity index (χ0v) is 16.6. The number of thiazole rings is 1. The maximum absolute atomic E-state index is 13.2. The van der Waals surface area contributed by atoms with E-state index in [4.69, 9.17) is 0 Å². The molecule has 5 nitrogen and oxygen atoms in total. The van der Waals surface area contributed by atoms with E-state index < -0.39 is 0 Å². The second-order valence-electron chi connectivity index (χ2n) is 9.03. The molecule has 0 radical (unpaired) electrons. The van der Waals surface area contributed by atoms with E-state index in [1.165, 1.54) is 24.7 Å². The van der Waals surface area contributed by atoms with Crippen LogP contribution in [-0.2, 0) is 4.79 Å². The Morgan fingerprint density at radius 3 is 2.77 bits per heavy atom. The van der Waals surface area contributed by atoms with E-state index in [1.54, 1.807) is 0 Å². The third-order valence-electron chi connectivity index (χ3n) is 5.59. The van der Waals surface area contributed by atoms with Gasteiger partial charge in [0, 0.05) is 25.1 Å². The summed E-state index contributed by atoms with van der Waals surface area (Å²) in [6, 6.07) is 5.98. The number of carbonyl (C=O) groups is 2. The largest absolute Gasteiger partial charge is 0.335 e. The topological polar surface area (TPSA) is 62.3 Å². The summed E-state index contributed by atoms with van der Waals surface area (Å²) in [5.74, 6) is -0.0200. The Balaban J connectivity index is 1.61. The van der Waals surface area contributed by atoms with Crippen LogP contribution in [0.25, 0.3) is 10.2 Å². The Bertz CT molecular complexity index is 904. The quantitative estimate of drug-likeness (QED) is 0.856. The molecule has 1 N–H and O–H groups in total. The molecule has 1 saturated carbocycles. The van der Waals surface area contributed by atoms with Crippen LogP contribution in [0.1, 0.15) is 57.3 Å². The van der Waals surface area contributed by atoms with Crippen molar-refractivity contribution in [3.63, 3.8) is 0 Å². The second-order valence-corrected chi connectivity index (χ2v) is 10.1. The van der Waals surface area contributed by atoms with E-state index in [0.717, 1.165) is 29.6 Å². The number of hydrogen-bond acceptors (Lipinski definition) is 4. The maximum atomic E-state index is 13.2. The standard InChI is InChI=1S/C20H25N3O2S/c1-12(24)21-18-22-15-6-5-13(7-16(15)26-18)17(25)23-11-20(4)9-14(23)8-19(2,3)10-20/h5-7,14H,8-11H2,1-4H3,(H,21,22,24)/t14-,20-/m0/s1. The Morgan fingerprint density at radius 2 is 2.04 bits per heavy atom. The van der Waals surface area contributed by atoms with Crippen molar-refractivity contribution in [2.75, 3.05) is 11.9 Å². The first-order valence-corrected chi connectivity index (χ1v) is 9.95. The van der Waals surface area contributed by atoms with Crippen LogP contribution in [0.15, 0.2) is 18.2 Å².